The van der Waals surface area contributed by atoms with Crippen LogP contribution in [0.25, 0.3) is 0 Å². The Morgan fingerprint density at radius 3 is 2.40 bits per heavy atom. The molecular formula is C24H21N3O3. The van der Waals surface area contributed by atoms with Crippen LogP contribution in [0.15, 0.2) is 72.9 Å². The van der Waals surface area contributed by atoms with Crippen LogP contribution in [0.5, 0.6) is 0 Å². The molecule has 2 aliphatic rings. The number of aromatic nitrogens is 1. The minimum Gasteiger partial charge on any atom is -0.374 e. The van der Waals surface area contributed by atoms with Crippen molar-refractivity contribution in [1.82, 2.24) is 4.98 Å². The number of benzene rings is 2. The van der Waals surface area contributed by atoms with Crippen LogP contribution in [0.2, 0.25) is 0 Å². The largest absolute Gasteiger partial charge is 0.374 e. The number of anilines is 2. The van der Waals surface area contributed by atoms with E-state index in [4.69, 9.17) is 0 Å². The van der Waals surface area contributed by atoms with Crippen molar-refractivity contribution in [2.45, 2.75) is 24.9 Å². The monoisotopic (exact) mass is 399 g/mol. The standard InChI is InChI=1S/C24H19N3O3.H2/c28-22-15-7-1-3-9-17(15)26-18(22)12-13-21-23(29)16-8-2-4-11-20(16)27(21)24(30)19-10-5-6-14-25-19;/h1-11,14,18,21,26H,12-13H2;1H. The highest BCUT2D eigenvalue weighted by molar-refractivity contribution is 6.20. The Hall–Kier alpha value is -3.80. The second-order valence-electron chi connectivity index (χ2n) is 7.47. The molecule has 0 radical (unpaired) electrons. The molecule has 2 aromatic carbocycles. The number of pyridine rings is 1. The molecule has 0 saturated heterocycles. The van der Waals surface area contributed by atoms with Gasteiger partial charge in [-0.25, -0.2) is 0 Å². The normalized spacial score (nSPS) is 19.4. The van der Waals surface area contributed by atoms with Crippen molar-refractivity contribution < 1.29 is 15.8 Å². The fourth-order valence-electron chi connectivity index (χ4n) is 4.27. The van der Waals surface area contributed by atoms with E-state index in [9.17, 15) is 14.4 Å². The Balaban J connectivity index is 0.00000231. The van der Waals surface area contributed by atoms with E-state index < -0.39 is 12.1 Å². The van der Waals surface area contributed by atoms with Gasteiger partial charge in [0.2, 0.25) is 0 Å². The number of amides is 1. The number of para-hydroxylation sites is 2. The van der Waals surface area contributed by atoms with E-state index in [0.717, 1.165) is 5.69 Å². The minimum atomic E-state index is -0.657. The third-order valence-corrected chi connectivity index (χ3v) is 5.71. The summed E-state index contributed by atoms with van der Waals surface area (Å²) in [4.78, 5) is 44.8. The first-order chi connectivity index (χ1) is 14.6. The Bertz CT molecular complexity index is 1170. The van der Waals surface area contributed by atoms with E-state index in [2.05, 4.69) is 10.3 Å². The Morgan fingerprint density at radius 2 is 1.63 bits per heavy atom. The summed E-state index contributed by atoms with van der Waals surface area (Å²) >= 11 is 0. The molecule has 0 bridgehead atoms. The van der Waals surface area contributed by atoms with Crippen LogP contribution >= 0.6 is 0 Å². The van der Waals surface area contributed by atoms with Gasteiger partial charge in [-0.05, 0) is 49.2 Å². The van der Waals surface area contributed by atoms with Gasteiger partial charge in [0.25, 0.3) is 5.91 Å². The first-order valence-electron chi connectivity index (χ1n) is 9.93. The molecule has 3 heterocycles. The van der Waals surface area contributed by atoms with Gasteiger partial charge >= 0.3 is 0 Å². The number of hydrogen-bond acceptors (Lipinski definition) is 5. The van der Waals surface area contributed by atoms with E-state index in [0.29, 0.717) is 29.7 Å². The number of fused-ring (bicyclic) bond motifs is 2. The summed E-state index contributed by atoms with van der Waals surface area (Å²) in [6, 6.07) is 18.6. The molecule has 2 aliphatic heterocycles. The van der Waals surface area contributed by atoms with Gasteiger partial charge < -0.3 is 5.32 Å². The lowest BCUT2D eigenvalue weighted by Gasteiger charge is -2.25. The number of nitrogens with one attached hydrogen (secondary N) is 1. The third-order valence-electron chi connectivity index (χ3n) is 5.71. The maximum absolute atomic E-state index is 13.2. The highest BCUT2D eigenvalue weighted by atomic mass is 16.2. The third kappa shape index (κ3) is 2.88. The number of ketones is 2. The lowest BCUT2D eigenvalue weighted by atomic mass is 9.98. The average Bonchev–Trinajstić information content (AvgIpc) is 3.26. The summed E-state index contributed by atoms with van der Waals surface area (Å²) in [5.74, 6) is -0.387. The lowest BCUT2D eigenvalue weighted by Crippen LogP contribution is -2.41. The molecule has 6 nitrogen and oxygen atoms in total. The van der Waals surface area contributed by atoms with Crippen molar-refractivity contribution in [2.75, 3.05) is 10.2 Å². The molecule has 150 valence electrons. The Kier molecular flexibility index (Phi) is 4.39. The van der Waals surface area contributed by atoms with Crippen molar-refractivity contribution in [3.8, 4) is 0 Å². The summed E-state index contributed by atoms with van der Waals surface area (Å²) in [5.41, 5.74) is 2.90. The quantitative estimate of drug-likeness (QED) is 0.717. The molecule has 0 fully saturated rings. The van der Waals surface area contributed by atoms with E-state index in [1.54, 1.807) is 48.7 Å². The second-order valence-corrected chi connectivity index (χ2v) is 7.47. The summed E-state index contributed by atoms with van der Waals surface area (Å²) in [5, 5.41) is 3.24. The highest BCUT2D eigenvalue weighted by Gasteiger charge is 2.42. The SMILES string of the molecule is O=C1c2ccccc2NC1CCC1C(=O)c2ccccc2N1C(=O)c1ccccn1.[HH]. The van der Waals surface area contributed by atoms with E-state index in [-0.39, 0.29) is 24.6 Å². The summed E-state index contributed by atoms with van der Waals surface area (Å²) in [6.45, 7) is 0. The van der Waals surface area contributed by atoms with Crippen LogP contribution in [-0.4, -0.2) is 34.5 Å². The molecule has 30 heavy (non-hydrogen) atoms. The molecule has 1 amide bonds. The molecule has 6 heteroatoms. The first kappa shape index (κ1) is 18.2. The molecule has 2 unspecified atom stereocenters. The van der Waals surface area contributed by atoms with E-state index in [1.807, 2.05) is 24.3 Å². The average molecular weight is 399 g/mol. The molecule has 2 atom stereocenters. The van der Waals surface area contributed by atoms with Gasteiger partial charge in [0.05, 0.1) is 11.7 Å². The van der Waals surface area contributed by atoms with Crippen molar-refractivity contribution in [1.29, 1.82) is 0 Å². The van der Waals surface area contributed by atoms with Crippen LogP contribution < -0.4 is 10.2 Å². The predicted molar refractivity (Wildman–Crippen MR) is 115 cm³/mol. The fraction of sp³-hybridized carbons (Fsp3) is 0.167. The lowest BCUT2D eigenvalue weighted by molar-refractivity contribution is 0.0901. The van der Waals surface area contributed by atoms with Crippen molar-refractivity contribution in [3.05, 3.63) is 89.7 Å². The molecule has 3 aromatic rings. The molecule has 1 N–H and O–H groups in total. The maximum Gasteiger partial charge on any atom is 0.277 e. The number of carbonyl (C=O) groups excluding carboxylic acids is 3. The van der Waals surface area contributed by atoms with Gasteiger partial charge in [-0.15, -0.1) is 0 Å². The molecule has 0 aliphatic carbocycles. The second kappa shape index (κ2) is 7.22. The molecule has 0 spiro atoms. The van der Waals surface area contributed by atoms with E-state index >= 15 is 0 Å². The van der Waals surface area contributed by atoms with Crippen molar-refractivity contribution in [2.24, 2.45) is 0 Å². The highest BCUT2D eigenvalue weighted by Crippen LogP contribution is 2.36. The van der Waals surface area contributed by atoms with Gasteiger partial charge in [0.1, 0.15) is 11.7 Å². The topological polar surface area (TPSA) is 79.4 Å². The predicted octanol–water partition coefficient (Wildman–Crippen LogP) is 4.00. The number of carbonyl (C=O) groups is 3. The molecule has 1 aromatic heterocycles. The molecule has 5 rings (SSSR count). The number of hydrogen-bond donors (Lipinski definition) is 1. The first-order valence-corrected chi connectivity index (χ1v) is 9.93. The number of Topliss-reactive ketones (excluding diaryl/α,β-unsaturated/α-hetero) is 2. The van der Waals surface area contributed by atoms with Gasteiger partial charge in [0, 0.05) is 24.4 Å². The van der Waals surface area contributed by atoms with Gasteiger partial charge in [-0.3, -0.25) is 24.3 Å². The smallest absolute Gasteiger partial charge is 0.277 e. The van der Waals surface area contributed by atoms with Crippen LogP contribution in [0.4, 0.5) is 11.4 Å². The fourth-order valence-corrected chi connectivity index (χ4v) is 4.27. The molecular weight excluding hydrogens is 378 g/mol. The van der Waals surface area contributed by atoms with E-state index in [1.165, 1.54) is 4.90 Å². The van der Waals surface area contributed by atoms with Gasteiger partial charge in [-0.2, -0.15) is 0 Å². The van der Waals surface area contributed by atoms with Crippen molar-refractivity contribution in [3.63, 3.8) is 0 Å². The van der Waals surface area contributed by atoms with Gasteiger partial charge in [0.15, 0.2) is 11.6 Å². The van der Waals surface area contributed by atoms with Crippen molar-refractivity contribution >= 4 is 28.8 Å². The number of rotatable bonds is 4. The summed E-state index contributed by atoms with van der Waals surface area (Å²) < 4.78 is 0. The Labute approximate surface area is 175 Å². The zero-order valence-corrected chi connectivity index (χ0v) is 16.1. The minimum absolute atomic E-state index is 0. The van der Waals surface area contributed by atoms with Crippen LogP contribution in [0.1, 0.15) is 45.5 Å². The Morgan fingerprint density at radius 1 is 0.900 bits per heavy atom. The summed E-state index contributed by atoms with van der Waals surface area (Å²) in [6.07, 6.45) is 2.39. The zero-order chi connectivity index (χ0) is 20.7. The molecule has 0 saturated carbocycles. The summed E-state index contributed by atoms with van der Waals surface area (Å²) in [7, 11) is 0. The van der Waals surface area contributed by atoms with Crippen LogP contribution in [0, 0.1) is 0 Å². The van der Waals surface area contributed by atoms with Crippen LogP contribution in [-0.2, 0) is 0 Å². The van der Waals surface area contributed by atoms with Crippen LogP contribution in [0.3, 0.4) is 0 Å². The number of nitrogens with zero attached hydrogens (tertiary/aromatic N) is 2. The maximum atomic E-state index is 13.2. The zero-order valence-electron chi connectivity index (χ0n) is 16.1. The van der Waals surface area contributed by atoms with Gasteiger partial charge in [-0.1, -0.05) is 30.3 Å².